The summed E-state index contributed by atoms with van der Waals surface area (Å²) in [4.78, 5) is 29.1. The van der Waals surface area contributed by atoms with Crippen LogP contribution in [0, 0.1) is 5.82 Å². The number of nitrogens with one attached hydrogen (secondary N) is 1. The zero-order chi connectivity index (χ0) is 24.7. The second-order valence-corrected chi connectivity index (χ2v) is 8.16. The van der Waals surface area contributed by atoms with E-state index in [1.165, 1.54) is 12.1 Å². The maximum Gasteiger partial charge on any atom is 0.254 e. The van der Waals surface area contributed by atoms with Crippen LogP contribution in [0.2, 0.25) is 0 Å². The number of hydrogen-bond acceptors (Lipinski definition) is 4. The monoisotopic (exact) mass is 463 g/mol. The van der Waals surface area contributed by atoms with Crippen LogP contribution in [0.25, 0.3) is 0 Å². The fourth-order valence-corrected chi connectivity index (χ4v) is 3.61. The van der Waals surface area contributed by atoms with Gasteiger partial charge in [0.25, 0.3) is 5.91 Å². The van der Waals surface area contributed by atoms with E-state index in [2.05, 4.69) is 5.32 Å². The smallest absolute Gasteiger partial charge is 0.254 e. The SMILES string of the molecule is CCC(=O)Nc1ccc(N(C)C)c(CN(Cc2ccc(F)cc2)C(=O)c2ccc(OC)cc2)c1. The molecule has 0 bridgehead atoms. The number of nitrogens with zero attached hydrogens (tertiary/aromatic N) is 2. The van der Waals surface area contributed by atoms with Crippen molar-refractivity contribution in [2.24, 2.45) is 0 Å². The highest BCUT2D eigenvalue weighted by Gasteiger charge is 2.20. The summed E-state index contributed by atoms with van der Waals surface area (Å²) in [5, 5.41) is 2.88. The summed E-state index contributed by atoms with van der Waals surface area (Å²) in [5.41, 5.74) is 3.81. The van der Waals surface area contributed by atoms with Crippen molar-refractivity contribution in [3.63, 3.8) is 0 Å². The summed E-state index contributed by atoms with van der Waals surface area (Å²) in [5.74, 6) is 0.0858. The molecule has 1 N–H and O–H groups in total. The van der Waals surface area contributed by atoms with Crippen LogP contribution in [0.15, 0.2) is 66.7 Å². The highest BCUT2D eigenvalue weighted by atomic mass is 19.1. The third-order valence-electron chi connectivity index (χ3n) is 5.44. The van der Waals surface area contributed by atoms with Crippen molar-refractivity contribution in [2.45, 2.75) is 26.4 Å². The van der Waals surface area contributed by atoms with Crippen LogP contribution >= 0.6 is 0 Å². The summed E-state index contributed by atoms with van der Waals surface area (Å²) < 4.78 is 18.7. The van der Waals surface area contributed by atoms with Gasteiger partial charge in [-0.25, -0.2) is 4.39 Å². The molecule has 0 heterocycles. The van der Waals surface area contributed by atoms with Gasteiger partial charge in [-0.05, 0) is 65.7 Å². The number of anilines is 2. The van der Waals surface area contributed by atoms with Gasteiger partial charge in [-0.2, -0.15) is 0 Å². The molecule has 3 aromatic rings. The Labute approximate surface area is 200 Å². The number of amides is 2. The van der Waals surface area contributed by atoms with Gasteiger partial charge in [0, 0.05) is 50.5 Å². The summed E-state index contributed by atoms with van der Waals surface area (Å²) in [7, 11) is 5.43. The summed E-state index contributed by atoms with van der Waals surface area (Å²) in [6.07, 6.45) is 0.372. The fourth-order valence-electron chi connectivity index (χ4n) is 3.61. The Hall–Kier alpha value is -3.87. The van der Waals surface area contributed by atoms with Crippen molar-refractivity contribution in [1.82, 2.24) is 4.90 Å². The Morgan fingerprint density at radius 1 is 0.941 bits per heavy atom. The van der Waals surface area contributed by atoms with Crippen LogP contribution in [0.1, 0.15) is 34.8 Å². The van der Waals surface area contributed by atoms with E-state index < -0.39 is 0 Å². The Kier molecular flexibility index (Phi) is 8.24. The lowest BCUT2D eigenvalue weighted by Gasteiger charge is -2.27. The van der Waals surface area contributed by atoms with Crippen LogP contribution in [-0.2, 0) is 17.9 Å². The Morgan fingerprint density at radius 3 is 2.21 bits per heavy atom. The Bertz CT molecular complexity index is 1130. The predicted octanol–water partition coefficient (Wildman–Crippen LogP) is 5.09. The summed E-state index contributed by atoms with van der Waals surface area (Å²) >= 11 is 0. The van der Waals surface area contributed by atoms with Crippen molar-refractivity contribution in [3.8, 4) is 5.75 Å². The average molecular weight is 464 g/mol. The molecule has 0 unspecified atom stereocenters. The number of halogens is 1. The predicted molar refractivity (Wildman–Crippen MR) is 133 cm³/mol. The standard InChI is InChI=1S/C27H30FN3O3/c1-5-26(32)29-23-12-15-25(30(2)3)21(16-23)18-31(17-19-6-10-22(28)11-7-19)27(33)20-8-13-24(34-4)14-9-20/h6-16H,5,17-18H2,1-4H3,(H,29,32). The molecule has 6 nitrogen and oxygen atoms in total. The molecular weight excluding hydrogens is 433 g/mol. The second kappa shape index (κ2) is 11.3. The van der Waals surface area contributed by atoms with Crippen molar-refractivity contribution in [3.05, 3.63) is 89.2 Å². The van der Waals surface area contributed by atoms with Gasteiger partial charge in [0.05, 0.1) is 7.11 Å². The normalized spacial score (nSPS) is 10.5. The van der Waals surface area contributed by atoms with E-state index in [0.717, 1.165) is 16.8 Å². The maximum absolute atomic E-state index is 13.5. The van der Waals surface area contributed by atoms with Gasteiger partial charge in [0.15, 0.2) is 0 Å². The first-order valence-electron chi connectivity index (χ1n) is 11.1. The molecule has 0 fully saturated rings. The van der Waals surface area contributed by atoms with Crippen molar-refractivity contribution >= 4 is 23.2 Å². The maximum atomic E-state index is 13.5. The number of benzene rings is 3. The summed E-state index contributed by atoms with van der Waals surface area (Å²) in [6, 6.07) is 18.7. The quantitative estimate of drug-likeness (QED) is 0.480. The minimum Gasteiger partial charge on any atom is -0.497 e. The molecule has 0 atom stereocenters. The Morgan fingerprint density at radius 2 is 1.62 bits per heavy atom. The van der Waals surface area contributed by atoms with Crippen LogP contribution in [0.4, 0.5) is 15.8 Å². The molecule has 0 saturated heterocycles. The number of carbonyl (C=O) groups is 2. The van der Waals surface area contributed by atoms with Crippen LogP contribution < -0.4 is 15.0 Å². The molecule has 0 aliphatic carbocycles. The largest absolute Gasteiger partial charge is 0.497 e. The first-order valence-corrected chi connectivity index (χ1v) is 11.1. The molecule has 0 aliphatic heterocycles. The lowest BCUT2D eigenvalue weighted by molar-refractivity contribution is -0.115. The number of rotatable bonds is 9. The van der Waals surface area contributed by atoms with E-state index in [1.54, 1.807) is 55.3 Å². The molecular formula is C27H30FN3O3. The van der Waals surface area contributed by atoms with Gasteiger partial charge >= 0.3 is 0 Å². The molecule has 3 rings (SSSR count). The number of ether oxygens (including phenoxy) is 1. The first kappa shape index (κ1) is 24.8. The van der Waals surface area contributed by atoms with Gasteiger partial charge in [-0.3, -0.25) is 9.59 Å². The lowest BCUT2D eigenvalue weighted by Crippen LogP contribution is -2.31. The molecule has 7 heteroatoms. The van der Waals surface area contributed by atoms with Crippen molar-refractivity contribution in [2.75, 3.05) is 31.4 Å². The van der Waals surface area contributed by atoms with E-state index in [9.17, 15) is 14.0 Å². The minimum atomic E-state index is -0.328. The molecule has 0 spiro atoms. The summed E-state index contributed by atoms with van der Waals surface area (Å²) in [6.45, 7) is 2.39. The van der Waals surface area contributed by atoms with Crippen molar-refractivity contribution < 1.29 is 18.7 Å². The van der Waals surface area contributed by atoms with Crippen molar-refractivity contribution in [1.29, 1.82) is 0 Å². The molecule has 0 radical (unpaired) electrons. The molecule has 34 heavy (non-hydrogen) atoms. The average Bonchev–Trinajstić information content (AvgIpc) is 2.84. The topological polar surface area (TPSA) is 61.9 Å². The molecule has 2 amide bonds. The number of hydrogen-bond donors (Lipinski definition) is 1. The van der Waals surface area contributed by atoms with E-state index in [0.29, 0.717) is 36.5 Å². The highest BCUT2D eigenvalue weighted by molar-refractivity contribution is 5.94. The molecule has 3 aromatic carbocycles. The lowest BCUT2D eigenvalue weighted by atomic mass is 10.1. The third kappa shape index (κ3) is 6.34. The zero-order valence-corrected chi connectivity index (χ0v) is 20.0. The highest BCUT2D eigenvalue weighted by Crippen LogP contribution is 2.26. The molecule has 0 saturated carbocycles. The first-order chi connectivity index (χ1) is 16.3. The Balaban J connectivity index is 1.97. The van der Waals surface area contributed by atoms with Crippen LogP contribution in [0.5, 0.6) is 5.75 Å². The zero-order valence-electron chi connectivity index (χ0n) is 20.0. The van der Waals surface area contributed by atoms with Gasteiger partial charge in [-0.15, -0.1) is 0 Å². The molecule has 0 aromatic heterocycles. The minimum absolute atomic E-state index is 0.0824. The van der Waals surface area contributed by atoms with E-state index in [-0.39, 0.29) is 17.6 Å². The number of carbonyl (C=O) groups excluding carboxylic acids is 2. The molecule has 178 valence electrons. The van der Waals surface area contributed by atoms with E-state index >= 15 is 0 Å². The number of methoxy groups -OCH3 is 1. The van der Waals surface area contributed by atoms with Gasteiger partial charge in [-0.1, -0.05) is 19.1 Å². The van der Waals surface area contributed by atoms with Gasteiger partial charge in [0.2, 0.25) is 5.91 Å². The van der Waals surface area contributed by atoms with E-state index in [1.807, 2.05) is 37.2 Å². The molecule has 0 aliphatic rings. The van der Waals surface area contributed by atoms with Gasteiger partial charge < -0.3 is 19.9 Å². The fraction of sp³-hybridized carbons (Fsp3) is 0.259. The second-order valence-electron chi connectivity index (χ2n) is 8.16. The van der Waals surface area contributed by atoms with Crippen LogP contribution in [-0.4, -0.2) is 37.9 Å². The third-order valence-corrected chi connectivity index (χ3v) is 5.44. The van der Waals surface area contributed by atoms with Crippen LogP contribution in [0.3, 0.4) is 0 Å². The van der Waals surface area contributed by atoms with Gasteiger partial charge in [0.1, 0.15) is 11.6 Å². The van der Waals surface area contributed by atoms with E-state index in [4.69, 9.17) is 4.74 Å².